The lowest BCUT2D eigenvalue weighted by atomic mass is 9.87. The molecule has 0 aromatic carbocycles. The monoisotopic (exact) mass is 294 g/mol. The molecule has 1 aromatic heterocycles. The molecule has 2 rings (SSSR count). The molecule has 0 saturated carbocycles. The van der Waals surface area contributed by atoms with Gasteiger partial charge in [-0.2, -0.15) is 0 Å². The number of carbonyl (C=O) groups is 2. The Balaban J connectivity index is 2.16. The van der Waals surface area contributed by atoms with E-state index in [1.54, 1.807) is 23.3 Å². The van der Waals surface area contributed by atoms with Gasteiger partial charge in [0.2, 0.25) is 11.8 Å². The summed E-state index contributed by atoms with van der Waals surface area (Å²) < 4.78 is 0. The lowest BCUT2D eigenvalue weighted by Crippen LogP contribution is -2.46. The minimum atomic E-state index is -0.143. The van der Waals surface area contributed by atoms with Gasteiger partial charge in [0, 0.05) is 24.9 Å². The summed E-state index contributed by atoms with van der Waals surface area (Å²) in [6.45, 7) is 4.84. The van der Waals surface area contributed by atoms with Crippen LogP contribution in [0.1, 0.15) is 37.6 Å². The summed E-state index contributed by atoms with van der Waals surface area (Å²) in [6, 6.07) is 3.85. The molecule has 2 amide bonds. The average molecular weight is 294 g/mol. The highest BCUT2D eigenvalue weighted by Gasteiger charge is 2.39. The number of thiophene rings is 1. The van der Waals surface area contributed by atoms with Gasteiger partial charge in [0.05, 0.1) is 12.0 Å². The molecule has 1 fully saturated rings. The first-order chi connectivity index (χ1) is 9.50. The van der Waals surface area contributed by atoms with Crippen molar-refractivity contribution in [1.29, 1.82) is 0 Å². The van der Waals surface area contributed by atoms with Crippen LogP contribution in [0.25, 0.3) is 0 Å². The first-order valence-electron chi connectivity index (χ1n) is 7.07. The van der Waals surface area contributed by atoms with Gasteiger partial charge in [-0.05, 0) is 23.8 Å². The van der Waals surface area contributed by atoms with Crippen molar-refractivity contribution in [3.05, 3.63) is 22.4 Å². The van der Waals surface area contributed by atoms with E-state index in [1.165, 1.54) is 0 Å². The first-order valence-corrected chi connectivity index (χ1v) is 7.95. The summed E-state index contributed by atoms with van der Waals surface area (Å²) in [4.78, 5) is 27.2. The van der Waals surface area contributed by atoms with Crippen LogP contribution in [-0.4, -0.2) is 30.3 Å². The zero-order chi connectivity index (χ0) is 14.7. The van der Waals surface area contributed by atoms with E-state index in [9.17, 15) is 9.59 Å². The summed E-state index contributed by atoms with van der Waals surface area (Å²) in [5.74, 6) is 0.477. The smallest absolute Gasteiger partial charge is 0.225 e. The van der Waals surface area contributed by atoms with Gasteiger partial charge >= 0.3 is 0 Å². The summed E-state index contributed by atoms with van der Waals surface area (Å²) in [5, 5.41) is 5.00. The van der Waals surface area contributed by atoms with Crippen LogP contribution >= 0.6 is 11.3 Å². The first kappa shape index (κ1) is 15.0. The number of nitrogens with zero attached hydrogens (tertiary/aromatic N) is 1. The highest BCUT2D eigenvalue weighted by Crippen LogP contribution is 2.37. The molecule has 5 heteroatoms. The lowest BCUT2D eigenvalue weighted by Gasteiger charge is -2.37. The summed E-state index contributed by atoms with van der Waals surface area (Å²) in [6.07, 6.45) is 1.09. The van der Waals surface area contributed by atoms with Crippen molar-refractivity contribution in [2.24, 2.45) is 11.8 Å². The van der Waals surface area contributed by atoms with Crippen molar-refractivity contribution in [1.82, 2.24) is 10.2 Å². The Morgan fingerprint density at radius 3 is 2.90 bits per heavy atom. The lowest BCUT2D eigenvalue weighted by molar-refractivity contribution is -0.141. The number of amides is 2. The van der Waals surface area contributed by atoms with E-state index < -0.39 is 0 Å². The summed E-state index contributed by atoms with van der Waals surface area (Å²) in [5.41, 5.74) is 0. The molecule has 1 aliphatic rings. The van der Waals surface area contributed by atoms with Crippen LogP contribution in [0, 0.1) is 11.8 Å². The maximum absolute atomic E-state index is 12.4. The second kappa shape index (κ2) is 6.39. The molecule has 1 aromatic rings. The Morgan fingerprint density at radius 1 is 1.55 bits per heavy atom. The molecule has 0 spiro atoms. The number of carbonyl (C=O) groups excluding carboxylic acids is 2. The van der Waals surface area contributed by atoms with Gasteiger partial charge < -0.3 is 10.2 Å². The van der Waals surface area contributed by atoms with Gasteiger partial charge in [-0.25, -0.2) is 0 Å². The predicted molar refractivity (Wildman–Crippen MR) is 80.4 cm³/mol. The topological polar surface area (TPSA) is 49.4 Å². The fraction of sp³-hybridized carbons (Fsp3) is 0.600. The largest absolute Gasteiger partial charge is 0.356 e. The standard InChI is InChI=1S/C15H22N2O2S/c1-10(2)9-16-15(19)11-6-7-13(18)17(3)14(11)12-5-4-8-20-12/h4-5,8,10-11,14H,6-7,9H2,1-3H3,(H,16,19)/t11-,14+/m1/s1. The van der Waals surface area contributed by atoms with Crippen LogP contribution in [0.3, 0.4) is 0 Å². The van der Waals surface area contributed by atoms with Crippen molar-refractivity contribution in [2.75, 3.05) is 13.6 Å². The second-order valence-corrected chi connectivity index (χ2v) is 6.73. The third-order valence-electron chi connectivity index (χ3n) is 3.72. The molecule has 0 radical (unpaired) electrons. The van der Waals surface area contributed by atoms with Crippen LogP contribution in [0.5, 0.6) is 0 Å². The zero-order valence-electron chi connectivity index (χ0n) is 12.3. The third-order valence-corrected chi connectivity index (χ3v) is 4.66. The van der Waals surface area contributed by atoms with Crippen molar-refractivity contribution in [2.45, 2.75) is 32.7 Å². The molecule has 110 valence electrons. The molecular weight excluding hydrogens is 272 g/mol. The SMILES string of the molecule is CC(C)CNC(=O)[C@@H]1CCC(=O)N(C)[C@@H]1c1cccs1. The number of piperidine rings is 1. The molecule has 2 heterocycles. The van der Waals surface area contributed by atoms with Gasteiger partial charge in [0.1, 0.15) is 0 Å². The fourth-order valence-corrected chi connectivity index (χ4v) is 3.53. The average Bonchev–Trinajstić information content (AvgIpc) is 2.92. The maximum Gasteiger partial charge on any atom is 0.225 e. The van der Waals surface area contributed by atoms with E-state index in [0.29, 0.717) is 25.3 Å². The van der Waals surface area contributed by atoms with Crippen molar-refractivity contribution in [3.63, 3.8) is 0 Å². The van der Waals surface area contributed by atoms with Crippen LogP contribution in [-0.2, 0) is 9.59 Å². The van der Waals surface area contributed by atoms with E-state index in [0.717, 1.165) is 4.88 Å². The van der Waals surface area contributed by atoms with Gasteiger partial charge in [-0.1, -0.05) is 19.9 Å². The van der Waals surface area contributed by atoms with Gasteiger partial charge in [-0.15, -0.1) is 11.3 Å². The van der Waals surface area contributed by atoms with Crippen LogP contribution < -0.4 is 5.32 Å². The number of likely N-dealkylation sites (tertiary alicyclic amines) is 1. The van der Waals surface area contributed by atoms with Gasteiger partial charge in [0.25, 0.3) is 0 Å². The van der Waals surface area contributed by atoms with E-state index in [-0.39, 0.29) is 23.8 Å². The maximum atomic E-state index is 12.4. The molecule has 1 saturated heterocycles. The van der Waals surface area contributed by atoms with Gasteiger partial charge in [0.15, 0.2) is 0 Å². The minimum absolute atomic E-state index is 0.0662. The van der Waals surface area contributed by atoms with E-state index >= 15 is 0 Å². The normalized spacial score (nSPS) is 23.2. The van der Waals surface area contributed by atoms with Crippen molar-refractivity contribution >= 4 is 23.2 Å². The van der Waals surface area contributed by atoms with Crippen LogP contribution in [0.15, 0.2) is 17.5 Å². The van der Waals surface area contributed by atoms with Crippen molar-refractivity contribution < 1.29 is 9.59 Å². The fourth-order valence-electron chi connectivity index (χ4n) is 2.60. The third kappa shape index (κ3) is 3.20. The second-order valence-electron chi connectivity index (χ2n) is 5.75. The molecule has 0 bridgehead atoms. The number of hydrogen-bond acceptors (Lipinski definition) is 3. The number of hydrogen-bond donors (Lipinski definition) is 1. The molecule has 20 heavy (non-hydrogen) atoms. The Hall–Kier alpha value is -1.36. The molecule has 4 nitrogen and oxygen atoms in total. The molecular formula is C15H22N2O2S. The highest BCUT2D eigenvalue weighted by molar-refractivity contribution is 7.10. The predicted octanol–water partition coefficient (Wildman–Crippen LogP) is 2.43. The number of rotatable bonds is 4. The van der Waals surface area contributed by atoms with E-state index in [1.807, 2.05) is 17.5 Å². The Labute approximate surface area is 124 Å². The minimum Gasteiger partial charge on any atom is -0.356 e. The van der Waals surface area contributed by atoms with Crippen LogP contribution in [0.4, 0.5) is 0 Å². The summed E-state index contributed by atoms with van der Waals surface area (Å²) >= 11 is 1.61. The number of nitrogens with one attached hydrogen (secondary N) is 1. The molecule has 0 unspecified atom stereocenters. The van der Waals surface area contributed by atoms with Crippen molar-refractivity contribution in [3.8, 4) is 0 Å². The Morgan fingerprint density at radius 2 is 2.30 bits per heavy atom. The molecule has 1 N–H and O–H groups in total. The Kier molecular flexibility index (Phi) is 4.81. The van der Waals surface area contributed by atoms with E-state index in [4.69, 9.17) is 0 Å². The molecule has 1 aliphatic heterocycles. The molecule has 0 aliphatic carbocycles. The van der Waals surface area contributed by atoms with E-state index in [2.05, 4.69) is 19.2 Å². The summed E-state index contributed by atoms with van der Waals surface area (Å²) in [7, 11) is 1.80. The zero-order valence-corrected chi connectivity index (χ0v) is 13.1. The highest BCUT2D eigenvalue weighted by atomic mass is 32.1. The quantitative estimate of drug-likeness (QED) is 0.927. The molecule has 2 atom stereocenters. The van der Waals surface area contributed by atoms with Gasteiger partial charge in [-0.3, -0.25) is 9.59 Å². The Bertz CT molecular complexity index is 470. The van der Waals surface area contributed by atoms with Crippen LogP contribution in [0.2, 0.25) is 0 Å².